The first kappa shape index (κ1) is 15.3. The minimum Gasteiger partial charge on any atom is -0.483 e. The molecule has 1 saturated heterocycles. The monoisotopic (exact) mass is 301 g/mol. The molecular weight excluding hydrogens is 287 g/mol. The van der Waals surface area contributed by atoms with Crippen molar-refractivity contribution in [1.82, 2.24) is 4.90 Å². The Balaban J connectivity index is 1.97. The lowest BCUT2D eigenvalue weighted by molar-refractivity contribution is -0.142. The van der Waals surface area contributed by atoms with Crippen LogP contribution in [0.25, 0.3) is 0 Å². The zero-order valence-corrected chi connectivity index (χ0v) is 11.2. The molecule has 1 amide bonds. The highest BCUT2D eigenvalue weighted by atomic mass is 19.4. The quantitative estimate of drug-likeness (QED) is 0.860. The van der Waals surface area contributed by atoms with Gasteiger partial charge in [-0.15, -0.1) is 0 Å². The van der Waals surface area contributed by atoms with Gasteiger partial charge in [-0.1, -0.05) is 12.1 Å². The van der Waals surface area contributed by atoms with Gasteiger partial charge in [-0.25, -0.2) is 0 Å². The normalized spacial score (nSPS) is 16.0. The van der Waals surface area contributed by atoms with Gasteiger partial charge in [0.2, 0.25) is 0 Å². The van der Waals surface area contributed by atoms with Crippen LogP contribution in [0, 0.1) is 0 Å². The summed E-state index contributed by atoms with van der Waals surface area (Å²) in [4.78, 5) is 24.3. The molecule has 1 aliphatic heterocycles. The van der Waals surface area contributed by atoms with E-state index < -0.39 is 24.3 Å². The third-order valence-corrected chi connectivity index (χ3v) is 3.22. The Morgan fingerprint density at radius 2 is 1.81 bits per heavy atom. The van der Waals surface area contributed by atoms with Crippen molar-refractivity contribution in [3.05, 3.63) is 29.8 Å². The van der Waals surface area contributed by atoms with Crippen LogP contribution in [0.4, 0.5) is 13.2 Å². The Morgan fingerprint density at radius 3 is 2.43 bits per heavy atom. The molecule has 4 nitrogen and oxygen atoms in total. The number of carbonyl (C=O) groups is 2. The van der Waals surface area contributed by atoms with E-state index in [0.29, 0.717) is 13.1 Å². The van der Waals surface area contributed by atoms with Gasteiger partial charge in [0, 0.05) is 25.9 Å². The summed E-state index contributed by atoms with van der Waals surface area (Å²) in [6, 6.07) is 4.75. The first-order valence-electron chi connectivity index (χ1n) is 6.46. The van der Waals surface area contributed by atoms with Gasteiger partial charge in [-0.2, -0.15) is 13.2 Å². The Bertz CT molecular complexity index is 533. The topological polar surface area (TPSA) is 46.6 Å². The Kier molecular flexibility index (Phi) is 4.50. The highest BCUT2D eigenvalue weighted by Crippen LogP contribution is 2.35. The summed E-state index contributed by atoms with van der Waals surface area (Å²) in [5.41, 5.74) is -0.911. The van der Waals surface area contributed by atoms with Crippen LogP contribution < -0.4 is 4.74 Å². The van der Waals surface area contributed by atoms with E-state index in [2.05, 4.69) is 0 Å². The molecule has 1 aliphatic rings. The number of nitrogens with zero attached hydrogens (tertiary/aromatic N) is 1. The number of Topliss-reactive ketones (excluding diaryl/α,β-unsaturated/α-hetero) is 1. The van der Waals surface area contributed by atoms with Gasteiger partial charge in [0.25, 0.3) is 5.91 Å². The summed E-state index contributed by atoms with van der Waals surface area (Å²) >= 11 is 0. The van der Waals surface area contributed by atoms with Crippen LogP contribution in [0.5, 0.6) is 5.75 Å². The zero-order valence-electron chi connectivity index (χ0n) is 11.2. The molecule has 0 unspecified atom stereocenters. The number of alkyl halides is 3. The van der Waals surface area contributed by atoms with Crippen molar-refractivity contribution in [2.45, 2.75) is 19.0 Å². The predicted molar refractivity (Wildman–Crippen MR) is 67.8 cm³/mol. The molecule has 1 fully saturated rings. The van der Waals surface area contributed by atoms with E-state index in [-0.39, 0.29) is 24.4 Å². The van der Waals surface area contributed by atoms with Crippen molar-refractivity contribution in [3.63, 3.8) is 0 Å². The zero-order chi connectivity index (χ0) is 15.5. The number of carbonyl (C=O) groups excluding carboxylic acids is 2. The molecule has 0 spiro atoms. The minimum absolute atomic E-state index is 0.0855. The average molecular weight is 301 g/mol. The summed E-state index contributed by atoms with van der Waals surface area (Å²) in [6.45, 7) is 0.116. The van der Waals surface area contributed by atoms with E-state index in [1.807, 2.05) is 0 Å². The fourth-order valence-electron chi connectivity index (χ4n) is 2.06. The number of halogens is 3. The summed E-state index contributed by atoms with van der Waals surface area (Å²) < 4.78 is 43.3. The smallest absolute Gasteiger partial charge is 0.419 e. The second kappa shape index (κ2) is 6.15. The average Bonchev–Trinajstić information content (AvgIpc) is 2.45. The number of rotatable bonds is 3. The summed E-state index contributed by atoms with van der Waals surface area (Å²) in [6.07, 6.45) is -3.97. The molecule has 21 heavy (non-hydrogen) atoms. The van der Waals surface area contributed by atoms with Crippen LogP contribution in [0.2, 0.25) is 0 Å². The number of ether oxygens (including phenoxy) is 1. The second-order valence-corrected chi connectivity index (χ2v) is 4.70. The third-order valence-electron chi connectivity index (χ3n) is 3.22. The molecule has 0 N–H and O–H groups in total. The van der Waals surface area contributed by atoms with E-state index in [1.54, 1.807) is 0 Å². The SMILES string of the molecule is O=C1CCN(C(=O)COc2ccccc2C(F)(F)F)CC1. The molecule has 2 rings (SSSR count). The second-order valence-electron chi connectivity index (χ2n) is 4.70. The molecule has 0 aromatic heterocycles. The van der Waals surface area contributed by atoms with Gasteiger partial charge in [0.1, 0.15) is 11.5 Å². The van der Waals surface area contributed by atoms with Crippen LogP contribution in [0.1, 0.15) is 18.4 Å². The van der Waals surface area contributed by atoms with E-state index in [1.165, 1.54) is 23.1 Å². The molecule has 1 heterocycles. The van der Waals surface area contributed by atoms with Crippen molar-refractivity contribution < 1.29 is 27.5 Å². The molecule has 0 atom stereocenters. The highest BCUT2D eigenvalue weighted by molar-refractivity contribution is 5.84. The van der Waals surface area contributed by atoms with Gasteiger partial charge < -0.3 is 9.64 Å². The van der Waals surface area contributed by atoms with E-state index in [0.717, 1.165) is 6.07 Å². The van der Waals surface area contributed by atoms with Crippen LogP contribution in [0.15, 0.2) is 24.3 Å². The highest BCUT2D eigenvalue weighted by Gasteiger charge is 2.34. The Morgan fingerprint density at radius 1 is 1.19 bits per heavy atom. The first-order chi connectivity index (χ1) is 9.88. The molecule has 0 bridgehead atoms. The summed E-state index contributed by atoms with van der Waals surface area (Å²) in [5, 5.41) is 0. The molecule has 7 heteroatoms. The summed E-state index contributed by atoms with van der Waals surface area (Å²) in [5.74, 6) is -0.701. The Labute approximate surface area is 119 Å². The number of hydrogen-bond donors (Lipinski definition) is 0. The molecule has 114 valence electrons. The number of likely N-dealkylation sites (tertiary alicyclic amines) is 1. The van der Waals surface area contributed by atoms with Crippen LogP contribution in [-0.2, 0) is 15.8 Å². The van der Waals surface area contributed by atoms with Gasteiger partial charge in [0.05, 0.1) is 5.56 Å². The van der Waals surface area contributed by atoms with Crippen LogP contribution in [0.3, 0.4) is 0 Å². The van der Waals surface area contributed by atoms with Crippen molar-refractivity contribution in [3.8, 4) is 5.75 Å². The fourth-order valence-corrected chi connectivity index (χ4v) is 2.06. The number of benzene rings is 1. The third kappa shape index (κ3) is 3.96. The van der Waals surface area contributed by atoms with Gasteiger partial charge in [0.15, 0.2) is 6.61 Å². The van der Waals surface area contributed by atoms with E-state index >= 15 is 0 Å². The van der Waals surface area contributed by atoms with Crippen molar-refractivity contribution in [2.24, 2.45) is 0 Å². The lowest BCUT2D eigenvalue weighted by Crippen LogP contribution is -2.41. The maximum absolute atomic E-state index is 12.8. The number of piperidine rings is 1. The fraction of sp³-hybridized carbons (Fsp3) is 0.429. The number of para-hydroxylation sites is 1. The Hall–Kier alpha value is -2.05. The lowest BCUT2D eigenvalue weighted by Gasteiger charge is -2.26. The van der Waals surface area contributed by atoms with E-state index in [9.17, 15) is 22.8 Å². The van der Waals surface area contributed by atoms with Crippen LogP contribution in [-0.4, -0.2) is 36.3 Å². The largest absolute Gasteiger partial charge is 0.483 e. The standard InChI is InChI=1S/C14H14F3NO3/c15-14(16,17)11-3-1-2-4-12(11)21-9-13(20)18-7-5-10(19)6-8-18/h1-4H,5-9H2. The molecule has 0 saturated carbocycles. The van der Waals surface area contributed by atoms with Gasteiger partial charge in [-0.3, -0.25) is 9.59 Å². The van der Waals surface area contributed by atoms with Crippen molar-refractivity contribution >= 4 is 11.7 Å². The van der Waals surface area contributed by atoms with Gasteiger partial charge in [-0.05, 0) is 12.1 Å². The molecule has 0 radical (unpaired) electrons. The predicted octanol–water partition coefficient (Wildman–Crippen LogP) is 2.28. The molecule has 1 aromatic carbocycles. The van der Waals surface area contributed by atoms with Crippen LogP contribution >= 0.6 is 0 Å². The number of amides is 1. The van der Waals surface area contributed by atoms with Gasteiger partial charge >= 0.3 is 6.18 Å². The van der Waals surface area contributed by atoms with Crippen molar-refractivity contribution in [1.29, 1.82) is 0 Å². The maximum Gasteiger partial charge on any atom is 0.419 e. The number of hydrogen-bond acceptors (Lipinski definition) is 3. The number of ketones is 1. The molecule has 0 aliphatic carbocycles. The minimum atomic E-state index is -4.53. The van der Waals surface area contributed by atoms with E-state index in [4.69, 9.17) is 4.74 Å². The molecule has 1 aromatic rings. The summed E-state index contributed by atoms with van der Waals surface area (Å²) in [7, 11) is 0. The lowest BCUT2D eigenvalue weighted by atomic mass is 10.1. The van der Waals surface area contributed by atoms with Crippen molar-refractivity contribution in [2.75, 3.05) is 19.7 Å². The maximum atomic E-state index is 12.8. The molecular formula is C14H14F3NO3. The first-order valence-corrected chi connectivity index (χ1v) is 6.46.